The first-order valence-corrected chi connectivity index (χ1v) is 7.69. The highest BCUT2D eigenvalue weighted by Gasteiger charge is 2.44. The number of carboxylic acids is 1. The summed E-state index contributed by atoms with van der Waals surface area (Å²) in [6.45, 7) is 4.90. The SMILES string of the molecule is CCCC1(C(=O)O)CCCN(C(=O)C2CCN(C)C2)C1. The van der Waals surface area contributed by atoms with E-state index >= 15 is 0 Å². The van der Waals surface area contributed by atoms with Crippen molar-refractivity contribution in [3.63, 3.8) is 0 Å². The van der Waals surface area contributed by atoms with Gasteiger partial charge in [0.25, 0.3) is 0 Å². The van der Waals surface area contributed by atoms with E-state index in [2.05, 4.69) is 4.90 Å². The van der Waals surface area contributed by atoms with Gasteiger partial charge in [-0.05, 0) is 39.3 Å². The maximum atomic E-state index is 12.6. The Hall–Kier alpha value is -1.10. The largest absolute Gasteiger partial charge is 0.481 e. The molecule has 0 aromatic rings. The third-order valence-corrected chi connectivity index (χ3v) is 4.81. The fraction of sp³-hybridized carbons (Fsp3) is 0.867. The van der Waals surface area contributed by atoms with Gasteiger partial charge in [-0.2, -0.15) is 0 Å². The van der Waals surface area contributed by atoms with Crippen LogP contribution in [0.5, 0.6) is 0 Å². The fourth-order valence-electron chi connectivity index (χ4n) is 3.68. The van der Waals surface area contributed by atoms with Crippen LogP contribution in [0.25, 0.3) is 0 Å². The Labute approximate surface area is 120 Å². The van der Waals surface area contributed by atoms with Gasteiger partial charge >= 0.3 is 5.97 Å². The Balaban J connectivity index is 2.05. The maximum Gasteiger partial charge on any atom is 0.311 e. The second-order valence-corrected chi connectivity index (χ2v) is 6.45. The highest BCUT2D eigenvalue weighted by Crippen LogP contribution is 2.36. The van der Waals surface area contributed by atoms with Crippen molar-refractivity contribution in [2.75, 3.05) is 33.2 Å². The van der Waals surface area contributed by atoms with E-state index in [1.165, 1.54) is 0 Å². The summed E-state index contributed by atoms with van der Waals surface area (Å²) in [5, 5.41) is 9.58. The minimum Gasteiger partial charge on any atom is -0.481 e. The number of carbonyl (C=O) groups is 2. The lowest BCUT2D eigenvalue weighted by Gasteiger charge is -2.40. The number of rotatable bonds is 4. The van der Waals surface area contributed by atoms with Crippen molar-refractivity contribution >= 4 is 11.9 Å². The lowest BCUT2D eigenvalue weighted by atomic mass is 9.76. The van der Waals surface area contributed by atoms with Gasteiger partial charge in [0.1, 0.15) is 0 Å². The van der Waals surface area contributed by atoms with Gasteiger partial charge in [-0.25, -0.2) is 0 Å². The molecule has 1 N–H and O–H groups in total. The number of nitrogens with zero attached hydrogens (tertiary/aromatic N) is 2. The molecule has 0 spiro atoms. The molecule has 2 aliphatic heterocycles. The third kappa shape index (κ3) is 2.97. The van der Waals surface area contributed by atoms with E-state index in [9.17, 15) is 14.7 Å². The van der Waals surface area contributed by atoms with Crippen LogP contribution in [0.1, 0.15) is 39.0 Å². The monoisotopic (exact) mass is 282 g/mol. The van der Waals surface area contributed by atoms with Crippen molar-refractivity contribution in [1.82, 2.24) is 9.80 Å². The van der Waals surface area contributed by atoms with Gasteiger partial charge in [0.2, 0.25) is 5.91 Å². The molecule has 0 radical (unpaired) electrons. The molecule has 2 atom stereocenters. The van der Waals surface area contributed by atoms with E-state index in [-0.39, 0.29) is 11.8 Å². The molecule has 0 aromatic heterocycles. The summed E-state index contributed by atoms with van der Waals surface area (Å²) < 4.78 is 0. The van der Waals surface area contributed by atoms with E-state index in [1.807, 2.05) is 18.9 Å². The Morgan fingerprint density at radius 2 is 2.10 bits per heavy atom. The molecule has 5 heteroatoms. The number of amides is 1. The van der Waals surface area contributed by atoms with Crippen molar-refractivity contribution in [3.8, 4) is 0 Å². The molecular weight excluding hydrogens is 256 g/mol. The minimum atomic E-state index is -0.736. The van der Waals surface area contributed by atoms with Crippen LogP contribution in [0.3, 0.4) is 0 Å². The highest BCUT2D eigenvalue weighted by atomic mass is 16.4. The third-order valence-electron chi connectivity index (χ3n) is 4.81. The molecule has 0 saturated carbocycles. The van der Waals surface area contributed by atoms with Gasteiger partial charge < -0.3 is 14.9 Å². The van der Waals surface area contributed by atoms with Crippen LogP contribution in [0.4, 0.5) is 0 Å². The summed E-state index contributed by atoms with van der Waals surface area (Å²) in [6.07, 6.45) is 3.92. The smallest absolute Gasteiger partial charge is 0.311 e. The van der Waals surface area contributed by atoms with E-state index in [1.54, 1.807) is 0 Å². The molecule has 2 heterocycles. The van der Waals surface area contributed by atoms with Crippen LogP contribution in [0.15, 0.2) is 0 Å². The molecule has 0 aromatic carbocycles. The molecule has 0 aliphatic carbocycles. The van der Waals surface area contributed by atoms with Crippen molar-refractivity contribution in [2.45, 2.75) is 39.0 Å². The molecule has 114 valence electrons. The van der Waals surface area contributed by atoms with Gasteiger partial charge in [0.15, 0.2) is 0 Å². The fourth-order valence-corrected chi connectivity index (χ4v) is 3.68. The van der Waals surface area contributed by atoms with E-state index in [0.29, 0.717) is 19.4 Å². The van der Waals surface area contributed by atoms with Gasteiger partial charge in [0, 0.05) is 19.6 Å². The zero-order chi connectivity index (χ0) is 14.8. The Morgan fingerprint density at radius 1 is 1.35 bits per heavy atom. The summed E-state index contributed by atoms with van der Waals surface area (Å²) >= 11 is 0. The van der Waals surface area contributed by atoms with Gasteiger partial charge in [0.05, 0.1) is 11.3 Å². The van der Waals surface area contributed by atoms with Crippen LogP contribution < -0.4 is 0 Å². The topological polar surface area (TPSA) is 60.9 Å². The summed E-state index contributed by atoms with van der Waals surface area (Å²) in [6, 6.07) is 0. The molecule has 2 fully saturated rings. The standard InChI is InChI=1S/C15H26N2O3/c1-3-6-15(14(19)20)7-4-8-17(11-15)13(18)12-5-9-16(2)10-12/h12H,3-11H2,1-2H3,(H,19,20). The number of carboxylic acid groups (broad SMARTS) is 1. The average Bonchev–Trinajstić information content (AvgIpc) is 2.85. The highest BCUT2D eigenvalue weighted by molar-refractivity contribution is 5.81. The summed E-state index contributed by atoms with van der Waals surface area (Å²) in [7, 11) is 2.03. The minimum absolute atomic E-state index is 0.0613. The molecular formula is C15H26N2O3. The zero-order valence-electron chi connectivity index (χ0n) is 12.6. The van der Waals surface area contributed by atoms with Gasteiger partial charge in [-0.15, -0.1) is 0 Å². The van der Waals surface area contributed by atoms with Crippen LogP contribution >= 0.6 is 0 Å². The molecule has 2 aliphatic rings. The van der Waals surface area contributed by atoms with Crippen LogP contribution in [-0.2, 0) is 9.59 Å². The second-order valence-electron chi connectivity index (χ2n) is 6.45. The predicted octanol–water partition coefficient (Wildman–Crippen LogP) is 1.43. The lowest BCUT2D eigenvalue weighted by molar-refractivity contribution is -0.156. The van der Waals surface area contributed by atoms with Crippen LogP contribution in [0.2, 0.25) is 0 Å². The van der Waals surface area contributed by atoms with Crippen molar-refractivity contribution in [3.05, 3.63) is 0 Å². The molecule has 2 unspecified atom stereocenters. The summed E-state index contributed by atoms with van der Waals surface area (Å²) in [5.74, 6) is -0.512. The first-order valence-electron chi connectivity index (χ1n) is 7.69. The number of hydrogen-bond donors (Lipinski definition) is 1. The molecule has 20 heavy (non-hydrogen) atoms. The summed E-state index contributed by atoms with van der Waals surface area (Å²) in [5.41, 5.74) is -0.715. The molecule has 1 amide bonds. The number of likely N-dealkylation sites (tertiary alicyclic amines) is 2. The van der Waals surface area contributed by atoms with Gasteiger partial charge in [-0.1, -0.05) is 13.3 Å². The Kier molecular flexibility index (Phi) is 4.68. The normalized spacial score (nSPS) is 31.5. The Morgan fingerprint density at radius 3 is 2.65 bits per heavy atom. The van der Waals surface area contributed by atoms with Crippen LogP contribution in [0, 0.1) is 11.3 Å². The molecule has 5 nitrogen and oxygen atoms in total. The van der Waals surface area contributed by atoms with Crippen LogP contribution in [-0.4, -0.2) is 60.0 Å². The van der Waals surface area contributed by atoms with Crippen molar-refractivity contribution in [2.24, 2.45) is 11.3 Å². The maximum absolute atomic E-state index is 12.6. The first-order chi connectivity index (χ1) is 9.48. The van der Waals surface area contributed by atoms with E-state index in [0.717, 1.165) is 38.9 Å². The first kappa shape index (κ1) is 15.3. The summed E-state index contributed by atoms with van der Waals surface area (Å²) in [4.78, 5) is 28.2. The second kappa shape index (κ2) is 6.12. The van der Waals surface area contributed by atoms with E-state index in [4.69, 9.17) is 0 Å². The number of carbonyl (C=O) groups excluding carboxylic acids is 1. The molecule has 2 saturated heterocycles. The van der Waals surface area contributed by atoms with Crippen molar-refractivity contribution < 1.29 is 14.7 Å². The predicted molar refractivity (Wildman–Crippen MR) is 76.4 cm³/mol. The lowest BCUT2D eigenvalue weighted by Crippen LogP contribution is -2.51. The van der Waals surface area contributed by atoms with Gasteiger partial charge in [-0.3, -0.25) is 9.59 Å². The number of aliphatic carboxylic acids is 1. The Bertz CT molecular complexity index is 381. The quantitative estimate of drug-likeness (QED) is 0.847. The zero-order valence-corrected chi connectivity index (χ0v) is 12.6. The molecule has 0 bridgehead atoms. The number of piperidine rings is 1. The number of hydrogen-bond acceptors (Lipinski definition) is 3. The average molecular weight is 282 g/mol. The van der Waals surface area contributed by atoms with Crippen molar-refractivity contribution in [1.29, 1.82) is 0 Å². The van der Waals surface area contributed by atoms with E-state index < -0.39 is 11.4 Å². The molecule has 2 rings (SSSR count).